The second kappa shape index (κ2) is 13.3. The number of fused-ring (bicyclic) bond motifs is 1. The molecule has 0 aliphatic carbocycles. The number of carbonyl (C=O) groups excluding carboxylic acids is 3. The molecule has 190 valence electrons. The molecule has 2 rings (SSSR count). The molecular formula is C22H29N5O7S. The number of thioether (sulfide) groups is 1. The Morgan fingerprint density at radius 1 is 1.00 bits per heavy atom. The number of aliphatic carboxylic acids is 2. The number of carboxylic acid groups (broad SMARTS) is 2. The molecule has 0 bridgehead atoms. The summed E-state index contributed by atoms with van der Waals surface area (Å²) in [7, 11) is 0. The Kier molecular flexibility index (Phi) is 10.5. The zero-order chi connectivity index (χ0) is 26.0. The van der Waals surface area contributed by atoms with Crippen LogP contribution in [0, 0.1) is 0 Å². The maximum Gasteiger partial charge on any atom is 0.326 e. The lowest BCUT2D eigenvalue weighted by atomic mass is 10.0. The minimum Gasteiger partial charge on any atom is -0.481 e. The molecule has 3 atom stereocenters. The number of hydrogen-bond acceptors (Lipinski definition) is 7. The molecule has 0 aliphatic heterocycles. The Labute approximate surface area is 205 Å². The molecule has 0 saturated heterocycles. The zero-order valence-electron chi connectivity index (χ0n) is 19.1. The molecule has 0 saturated carbocycles. The monoisotopic (exact) mass is 507 g/mol. The third-order valence-electron chi connectivity index (χ3n) is 5.17. The Bertz CT molecular complexity index is 1070. The molecule has 1 aromatic carbocycles. The van der Waals surface area contributed by atoms with Crippen LogP contribution in [0.3, 0.4) is 0 Å². The van der Waals surface area contributed by atoms with E-state index in [0.717, 1.165) is 10.9 Å². The van der Waals surface area contributed by atoms with E-state index >= 15 is 0 Å². The summed E-state index contributed by atoms with van der Waals surface area (Å²) in [5.41, 5.74) is 6.73. The van der Waals surface area contributed by atoms with Crippen LogP contribution >= 0.6 is 11.8 Å². The molecule has 3 unspecified atom stereocenters. The predicted octanol–water partition coefficient (Wildman–Crippen LogP) is -0.564. The first-order valence-electron chi connectivity index (χ1n) is 10.7. The molecule has 0 radical (unpaired) electrons. The molecular weight excluding hydrogens is 478 g/mol. The summed E-state index contributed by atoms with van der Waals surface area (Å²) in [4.78, 5) is 63.6. The summed E-state index contributed by atoms with van der Waals surface area (Å²) in [6.07, 6.45) is 2.90. The minimum atomic E-state index is -1.48. The van der Waals surface area contributed by atoms with Crippen molar-refractivity contribution in [2.75, 3.05) is 18.6 Å². The van der Waals surface area contributed by atoms with Gasteiger partial charge >= 0.3 is 11.9 Å². The van der Waals surface area contributed by atoms with Gasteiger partial charge in [0.2, 0.25) is 17.7 Å². The summed E-state index contributed by atoms with van der Waals surface area (Å²) in [6, 6.07) is 3.39. The van der Waals surface area contributed by atoms with Crippen LogP contribution < -0.4 is 21.7 Å². The second-order valence-corrected chi connectivity index (χ2v) is 8.71. The van der Waals surface area contributed by atoms with Crippen molar-refractivity contribution in [3.05, 3.63) is 36.0 Å². The molecule has 1 aromatic heterocycles. The first-order valence-corrected chi connectivity index (χ1v) is 12.1. The fourth-order valence-corrected chi connectivity index (χ4v) is 3.88. The van der Waals surface area contributed by atoms with Gasteiger partial charge in [-0.2, -0.15) is 11.8 Å². The van der Waals surface area contributed by atoms with Crippen molar-refractivity contribution in [3.8, 4) is 0 Å². The van der Waals surface area contributed by atoms with Crippen LogP contribution in [-0.2, 0) is 30.4 Å². The Balaban J connectivity index is 2.31. The van der Waals surface area contributed by atoms with E-state index in [1.807, 2.05) is 18.2 Å². The lowest BCUT2D eigenvalue weighted by molar-refractivity contribution is -0.143. The van der Waals surface area contributed by atoms with Crippen molar-refractivity contribution in [2.24, 2.45) is 5.73 Å². The number of nitrogens with two attached hydrogens (primary N) is 1. The van der Waals surface area contributed by atoms with E-state index in [1.165, 1.54) is 11.8 Å². The highest BCUT2D eigenvalue weighted by molar-refractivity contribution is 7.98. The maximum absolute atomic E-state index is 13.1. The summed E-state index contributed by atoms with van der Waals surface area (Å²) in [6.45, 7) is -0.460. The third kappa shape index (κ3) is 8.30. The average molecular weight is 508 g/mol. The molecule has 2 aromatic rings. The molecule has 0 fully saturated rings. The lowest BCUT2D eigenvalue weighted by Gasteiger charge is -2.24. The normalized spacial score (nSPS) is 13.4. The van der Waals surface area contributed by atoms with Crippen molar-refractivity contribution in [3.63, 3.8) is 0 Å². The first kappa shape index (κ1) is 27.7. The average Bonchev–Trinajstić information content (AvgIpc) is 3.22. The Hall–Kier alpha value is -3.58. The van der Waals surface area contributed by atoms with Crippen molar-refractivity contribution in [1.29, 1.82) is 0 Å². The van der Waals surface area contributed by atoms with Crippen LogP contribution in [0.4, 0.5) is 0 Å². The van der Waals surface area contributed by atoms with Crippen LogP contribution in [0.25, 0.3) is 10.9 Å². The highest BCUT2D eigenvalue weighted by atomic mass is 32.2. The van der Waals surface area contributed by atoms with Crippen molar-refractivity contribution in [2.45, 2.75) is 37.4 Å². The number of carboxylic acids is 2. The van der Waals surface area contributed by atoms with E-state index in [0.29, 0.717) is 11.3 Å². The quantitative estimate of drug-likeness (QED) is 0.175. The van der Waals surface area contributed by atoms with Crippen LogP contribution in [-0.4, -0.2) is 81.5 Å². The molecule has 3 amide bonds. The molecule has 0 aliphatic rings. The first-order chi connectivity index (χ1) is 16.7. The topological polar surface area (TPSA) is 204 Å². The molecule has 12 nitrogen and oxygen atoms in total. The number of aromatic amines is 1. The van der Waals surface area contributed by atoms with Gasteiger partial charge in [0.25, 0.3) is 0 Å². The lowest BCUT2D eigenvalue weighted by Crippen LogP contribution is -2.57. The van der Waals surface area contributed by atoms with Gasteiger partial charge in [0.15, 0.2) is 0 Å². The van der Waals surface area contributed by atoms with Crippen molar-refractivity contribution >= 4 is 52.3 Å². The number of H-pyrrole nitrogens is 1. The fourth-order valence-electron chi connectivity index (χ4n) is 3.40. The van der Waals surface area contributed by atoms with Crippen molar-refractivity contribution in [1.82, 2.24) is 20.9 Å². The van der Waals surface area contributed by atoms with Gasteiger partial charge < -0.3 is 36.9 Å². The molecule has 8 N–H and O–H groups in total. The fraction of sp³-hybridized carbons (Fsp3) is 0.409. The van der Waals surface area contributed by atoms with Gasteiger partial charge in [0.05, 0.1) is 13.0 Å². The van der Waals surface area contributed by atoms with Gasteiger partial charge in [-0.1, -0.05) is 18.2 Å². The maximum atomic E-state index is 13.1. The summed E-state index contributed by atoms with van der Waals surface area (Å²) in [5.74, 6) is -4.48. The van der Waals surface area contributed by atoms with Crippen LogP contribution in [0.15, 0.2) is 30.5 Å². The molecule has 35 heavy (non-hydrogen) atoms. The van der Waals surface area contributed by atoms with Crippen molar-refractivity contribution < 1.29 is 34.2 Å². The van der Waals surface area contributed by atoms with E-state index in [2.05, 4.69) is 20.9 Å². The summed E-state index contributed by atoms with van der Waals surface area (Å²) in [5, 5.41) is 26.6. The zero-order valence-corrected chi connectivity index (χ0v) is 19.9. The van der Waals surface area contributed by atoms with Gasteiger partial charge in [-0.25, -0.2) is 4.79 Å². The highest BCUT2D eigenvalue weighted by Gasteiger charge is 2.31. The van der Waals surface area contributed by atoms with Gasteiger partial charge in [0, 0.05) is 23.5 Å². The van der Waals surface area contributed by atoms with E-state index in [4.69, 9.17) is 10.8 Å². The summed E-state index contributed by atoms with van der Waals surface area (Å²) < 4.78 is 0. The van der Waals surface area contributed by atoms with Gasteiger partial charge in [0.1, 0.15) is 18.1 Å². The number of nitrogens with one attached hydrogen (secondary N) is 4. The van der Waals surface area contributed by atoms with E-state index in [9.17, 15) is 29.1 Å². The number of aromatic nitrogens is 1. The minimum absolute atomic E-state index is 0.0128. The Morgan fingerprint density at radius 2 is 1.66 bits per heavy atom. The second-order valence-electron chi connectivity index (χ2n) is 7.73. The highest BCUT2D eigenvalue weighted by Crippen LogP contribution is 2.19. The largest absolute Gasteiger partial charge is 0.481 e. The standard InChI is InChI=1S/C22H29N5O7S/c1-35-7-6-15(22(33)34)26-20(31)16(8-12-11-24-14-5-3-2-4-13(12)14)27-21(32)17(9-19(29)30)25-18(28)10-23/h2-5,11,15-17,24H,6-10,23H2,1H3,(H,25,28)(H,26,31)(H,27,32)(H,29,30)(H,33,34). The van der Waals surface area contributed by atoms with Crippen LogP contribution in [0.5, 0.6) is 0 Å². The number of carbonyl (C=O) groups is 5. The molecule has 0 spiro atoms. The number of para-hydroxylation sites is 1. The number of hydrogen-bond donors (Lipinski definition) is 7. The molecule has 1 heterocycles. The van der Waals surface area contributed by atoms with Gasteiger partial charge in [-0.15, -0.1) is 0 Å². The van der Waals surface area contributed by atoms with Crippen LogP contribution in [0.1, 0.15) is 18.4 Å². The molecule has 13 heteroatoms. The van der Waals surface area contributed by atoms with E-state index < -0.39 is 60.8 Å². The third-order valence-corrected chi connectivity index (χ3v) is 5.82. The van der Waals surface area contributed by atoms with E-state index in [-0.39, 0.29) is 12.8 Å². The number of rotatable bonds is 14. The van der Waals surface area contributed by atoms with Crippen LogP contribution in [0.2, 0.25) is 0 Å². The predicted molar refractivity (Wildman–Crippen MR) is 130 cm³/mol. The van der Waals surface area contributed by atoms with Gasteiger partial charge in [-0.3, -0.25) is 19.2 Å². The summed E-state index contributed by atoms with van der Waals surface area (Å²) >= 11 is 1.42. The number of amides is 3. The van der Waals surface area contributed by atoms with E-state index in [1.54, 1.807) is 18.5 Å². The SMILES string of the molecule is CSCCC(NC(=O)C(Cc1c[nH]c2ccccc12)NC(=O)C(CC(=O)O)NC(=O)CN)C(=O)O. The van der Waals surface area contributed by atoms with Gasteiger partial charge in [-0.05, 0) is 30.1 Å². The Morgan fingerprint density at radius 3 is 2.29 bits per heavy atom. The smallest absolute Gasteiger partial charge is 0.326 e. The number of benzene rings is 1.